The number of nitrogens with zero attached hydrogens (tertiary/aromatic N) is 1. The topological polar surface area (TPSA) is 12.5 Å². The molecule has 3 heteroatoms. The van der Waals surface area contributed by atoms with Gasteiger partial charge in [0, 0.05) is 18.8 Å². The molecule has 0 aromatic rings. The molecule has 0 aromatic heterocycles. The monoisotopic (exact) mass is 161 g/mol. The largest absolute Gasteiger partial charge is 0.375 e. The minimum atomic E-state index is 0.466. The Hall–Kier alpha value is 0.270. The van der Waals surface area contributed by atoms with Crippen LogP contribution in [0.4, 0.5) is 0 Å². The number of hydrogen-bond donors (Lipinski definition) is 0. The van der Waals surface area contributed by atoms with Crippen molar-refractivity contribution in [3.05, 3.63) is 0 Å². The van der Waals surface area contributed by atoms with Crippen LogP contribution in [0.1, 0.15) is 0 Å². The van der Waals surface area contributed by atoms with Crippen molar-refractivity contribution in [2.75, 3.05) is 38.8 Å². The van der Waals surface area contributed by atoms with Crippen LogP contribution in [0.5, 0.6) is 0 Å². The Morgan fingerprint density at radius 1 is 1.70 bits per heavy atom. The summed E-state index contributed by atoms with van der Waals surface area (Å²) in [5.41, 5.74) is 0. The fourth-order valence-corrected chi connectivity index (χ4v) is 1.73. The molecule has 1 rings (SSSR count). The molecule has 0 radical (unpaired) electrons. The van der Waals surface area contributed by atoms with Gasteiger partial charge >= 0.3 is 0 Å². The van der Waals surface area contributed by atoms with Crippen LogP contribution >= 0.6 is 11.8 Å². The second-order valence-corrected chi connectivity index (χ2v) is 3.62. The van der Waals surface area contributed by atoms with Crippen molar-refractivity contribution in [1.29, 1.82) is 0 Å². The summed E-state index contributed by atoms with van der Waals surface area (Å²) in [6.07, 6.45) is 2.59. The Morgan fingerprint density at radius 2 is 2.50 bits per heavy atom. The predicted molar refractivity (Wildman–Crippen MR) is 45.6 cm³/mol. The van der Waals surface area contributed by atoms with Gasteiger partial charge in [0.2, 0.25) is 0 Å². The van der Waals surface area contributed by atoms with Crippen molar-refractivity contribution in [2.24, 2.45) is 0 Å². The molecule has 0 bridgehead atoms. The zero-order chi connectivity index (χ0) is 7.40. The number of ether oxygens (including phenoxy) is 1. The molecule has 1 saturated heterocycles. The molecule has 1 fully saturated rings. The lowest BCUT2D eigenvalue weighted by molar-refractivity contribution is -0.00594. The quantitative estimate of drug-likeness (QED) is 0.591. The summed E-state index contributed by atoms with van der Waals surface area (Å²) in [7, 11) is 2.15. The summed E-state index contributed by atoms with van der Waals surface area (Å²) in [5.74, 6) is 1.13. The van der Waals surface area contributed by atoms with E-state index in [4.69, 9.17) is 4.74 Å². The molecule has 1 aliphatic rings. The molecular weight excluding hydrogens is 146 g/mol. The summed E-state index contributed by atoms with van der Waals surface area (Å²) < 4.78 is 5.53. The second kappa shape index (κ2) is 4.21. The average Bonchev–Trinajstić information content (AvgIpc) is 1.88. The molecular formula is C7H15NOS. The zero-order valence-corrected chi connectivity index (χ0v) is 7.49. The molecule has 1 atom stereocenters. The highest BCUT2D eigenvalue weighted by Crippen LogP contribution is 2.07. The third kappa shape index (κ3) is 2.48. The fraction of sp³-hybridized carbons (Fsp3) is 1.00. The summed E-state index contributed by atoms with van der Waals surface area (Å²) in [6, 6.07) is 0. The molecule has 10 heavy (non-hydrogen) atoms. The normalized spacial score (nSPS) is 28.8. The first-order valence-corrected chi connectivity index (χ1v) is 5.01. The van der Waals surface area contributed by atoms with Gasteiger partial charge in [-0.3, -0.25) is 0 Å². The van der Waals surface area contributed by atoms with Gasteiger partial charge in [-0.2, -0.15) is 11.8 Å². The number of hydrogen-bond acceptors (Lipinski definition) is 3. The minimum Gasteiger partial charge on any atom is -0.375 e. The van der Waals surface area contributed by atoms with E-state index in [-0.39, 0.29) is 0 Å². The van der Waals surface area contributed by atoms with Gasteiger partial charge < -0.3 is 9.64 Å². The van der Waals surface area contributed by atoms with E-state index < -0.39 is 0 Å². The van der Waals surface area contributed by atoms with Gasteiger partial charge in [-0.1, -0.05) is 0 Å². The molecule has 0 aromatic carbocycles. The number of likely N-dealkylation sites (N-methyl/N-ethyl adjacent to an activating group) is 1. The first kappa shape index (κ1) is 8.37. The highest BCUT2D eigenvalue weighted by atomic mass is 32.2. The predicted octanol–water partition coefficient (Wildman–Crippen LogP) is 0.680. The lowest BCUT2D eigenvalue weighted by Crippen LogP contribution is -2.41. The van der Waals surface area contributed by atoms with Crippen LogP contribution in [0, 0.1) is 0 Å². The van der Waals surface area contributed by atoms with Crippen LogP contribution < -0.4 is 0 Å². The summed E-state index contributed by atoms with van der Waals surface area (Å²) in [5, 5.41) is 0. The van der Waals surface area contributed by atoms with E-state index in [2.05, 4.69) is 18.2 Å². The van der Waals surface area contributed by atoms with Crippen molar-refractivity contribution in [2.45, 2.75) is 6.10 Å². The lowest BCUT2D eigenvalue weighted by atomic mass is 10.3. The Kier molecular flexibility index (Phi) is 3.52. The van der Waals surface area contributed by atoms with Crippen molar-refractivity contribution in [3.63, 3.8) is 0 Å². The van der Waals surface area contributed by atoms with Crippen molar-refractivity contribution >= 4 is 11.8 Å². The average molecular weight is 161 g/mol. The Morgan fingerprint density at radius 3 is 3.10 bits per heavy atom. The van der Waals surface area contributed by atoms with Crippen LogP contribution in [0.25, 0.3) is 0 Å². The summed E-state index contributed by atoms with van der Waals surface area (Å²) >= 11 is 1.86. The van der Waals surface area contributed by atoms with Crippen LogP contribution in [-0.4, -0.2) is 49.8 Å². The Labute approximate surface area is 66.9 Å². The molecule has 0 aliphatic carbocycles. The maximum atomic E-state index is 5.53. The third-order valence-corrected chi connectivity index (χ3v) is 2.40. The highest BCUT2D eigenvalue weighted by Gasteiger charge is 2.16. The Bertz CT molecular complexity index is 97.6. The van der Waals surface area contributed by atoms with Crippen molar-refractivity contribution in [3.8, 4) is 0 Å². The van der Waals surface area contributed by atoms with E-state index in [9.17, 15) is 0 Å². The highest BCUT2D eigenvalue weighted by molar-refractivity contribution is 7.98. The molecule has 2 nitrogen and oxygen atoms in total. The molecule has 0 unspecified atom stereocenters. The second-order valence-electron chi connectivity index (χ2n) is 2.71. The van der Waals surface area contributed by atoms with Gasteiger partial charge in [-0.15, -0.1) is 0 Å². The third-order valence-electron chi connectivity index (χ3n) is 1.69. The van der Waals surface area contributed by atoms with Gasteiger partial charge in [-0.05, 0) is 13.3 Å². The minimum absolute atomic E-state index is 0.466. The fourth-order valence-electron chi connectivity index (χ4n) is 1.15. The number of rotatable bonds is 2. The van der Waals surface area contributed by atoms with E-state index in [1.807, 2.05) is 11.8 Å². The smallest absolute Gasteiger partial charge is 0.0792 e. The van der Waals surface area contributed by atoms with Gasteiger partial charge in [0.15, 0.2) is 0 Å². The van der Waals surface area contributed by atoms with Crippen LogP contribution in [-0.2, 0) is 4.74 Å². The molecule has 60 valence electrons. The van der Waals surface area contributed by atoms with Crippen LogP contribution in [0.3, 0.4) is 0 Å². The Balaban J connectivity index is 2.18. The van der Waals surface area contributed by atoms with E-state index in [0.717, 1.165) is 25.4 Å². The first-order valence-electron chi connectivity index (χ1n) is 3.62. The van der Waals surface area contributed by atoms with E-state index in [0.29, 0.717) is 6.10 Å². The standard InChI is InChI=1S/C7H15NOS/c1-8-3-4-9-7(5-8)6-10-2/h7H,3-6H2,1-2H3/t7-/m1/s1. The molecule has 1 heterocycles. The van der Waals surface area contributed by atoms with E-state index in [1.165, 1.54) is 0 Å². The number of thioether (sulfide) groups is 1. The van der Waals surface area contributed by atoms with Gasteiger partial charge in [0.05, 0.1) is 12.7 Å². The lowest BCUT2D eigenvalue weighted by Gasteiger charge is -2.29. The SMILES string of the molecule is CSC[C@H]1CN(C)CCO1. The van der Waals surface area contributed by atoms with Crippen molar-refractivity contribution in [1.82, 2.24) is 4.90 Å². The molecule has 0 N–H and O–H groups in total. The van der Waals surface area contributed by atoms with Crippen LogP contribution in [0.15, 0.2) is 0 Å². The summed E-state index contributed by atoms with van der Waals surface area (Å²) in [6.45, 7) is 3.09. The van der Waals surface area contributed by atoms with Crippen LogP contribution in [0.2, 0.25) is 0 Å². The first-order chi connectivity index (χ1) is 4.83. The molecule has 1 aliphatic heterocycles. The summed E-state index contributed by atoms with van der Waals surface area (Å²) in [4.78, 5) is 2.32. The van der Waals surface area contributed by atoms with E-state index >= 15 is 0 Å². The maximum absolute atomic E-state index is 5.53. The molecule has 0 amide bonds. The van der Waals surface area contributed by atoms with Gasteiger partial charge in [0.25, 0.3) is 0 Å². The van der Waals surface area contributed by atoms with Crippen molar-refractivity contribution < 1.29 is 4.74 Å². The molecule has 0 saturated carbocycles. The van der Waals surface area contributed by atoms with Gasteiger partial charge in [-0.25, -0.2) is 0 Å². The molecule has 0 spiro atoms. The van der Waals surface area contributed by atoms with E-state index in [1.54, 1.807) is 0 Å². The number of morpholine rings is 1. The zero-order valence-electron chi connectivity index (χ0n) is 6.67. The maximum Gasteiger partial charge on any atom is 0.0792 e. The van der Waals surface area contributed by atoms with Gasteiger partial charge in [0.1, 0.15) is 0 Å².